The number of aromatic nitrogens is 4. The number of nitrogens with one attached hydrogen (secondary N) is 1. The molecule has 2 rings (SSSR count). The van der Waals surface area contributed by atoms with Crippen molar-refractivity contribution in [2.24, 2.45) is 5.73 Å². The maximum atomic E-state index is 12.9. The van der Waals surface area contributed by atoms with E-state index in [1.54, 1.807) is 6.92 Å². The van der Waals surface area contributed by atoms with Crippen LogP contribution < -0.4 is 11.1 Å². The van der Waals surface area contributed by atoms with E-state index in [9.17, 15) is 22.8 Å². The van der Waals surface area contributed by atoms with Gasteiger partial charge in [0, 0.05) is 12.7 Å². The van der Waals surface area contributed by atoms with Gasteiger partial charge in [-0.15, -0.1) is 0 Å². The number of carbonyl (C=O) groups is 2. The molecule has 26 heavy (non-hydrogen) atoms. The number of hydrogen-bond acceptors (Lipinski definition) is 4. The summed E-state index contributed by atoms with van der Waals surface area (Å²) < 4.78 is 41.0. The van der Waals surface area contributed by atoms with Crippen LogP contribution in [0.15, 0.2) is 6.20 Å². The van der Waals surface area contributed by atoms with Gasteiger partial charge in [0.05, 0.1) is 16.4 Å². The molecule has 8 nitrogen and oxygen atoms in total. The first-order valence-corrected chi connectivity index (χ1v) is 7.85. The Morgan fingerprint density at radius 1 is 1.38 bits per heavy atom. The van der Waals surface area contributed by atoms with E-state index < -0.39 is 34.7 Å². The third-order valence-corrected chi connectivity index (χ3v) is 4.12. The van der Waals surface area contributed by atoms with Crippen LogP contribution in [-0.2, 0) is 17.5 Å². The van der Waals surface area contributed by atoms with E-state index in [0.29, 0.717) is 6.54 Å². The molecule has 0 aliphatic carbocycles. The summed E-state index contributed by atoms with van der Waals surface area (Å²) in [6.45, 7) is 4.85. The molecular formula is C14H16ClF3N6O2. The highest BCUT2D eigenvalue weighted by molar-refractivity contribution is 6.32. The zero-order chi connectivity index (χ0) is 19.8. The fourth-order valence-corrected chi connectivity index (χ4v) is 2.49. The van der Waals surface area contributed by atoms with Gasteiger partial charge in [0.2, 0.25) is 5.91 Å². The lowest BCUT2D eigenvalue weighted by atomic mass is 10.2. The molecule has 0 radical (unpaired) electrons. The Kier molecular flexibility index (Phi) is 5.31. The Morgan fingerprint density at radius 2 is 2.00 bits per heavy atom. The third-order valence-electron chi connectivity index (χ3n) is 3.67. The van der Waals surface area contributed by atoms with E-state index in [-0.39, 0.29) is 17.1 Å². The second kappa shape index (κ2) is 6.98. The van der Waals surface area contributed by atoms with Crippen molar-refractivity contribution in [3.05, 3.63) is 28.3 Å². The largest absolute Gasteiger partial charge is 0.436 e. The Labute approximate surface area is 151 Å². The van der Waals surface area contributed by atoms with Crippen LogP contribution in [0.3, 0.4) is 0 Å². The molecule has 142 valence electrons. The molecule has 1 atom stereocenters. The van der Waals surface area contributed by atoms with E-state index in [0.717, 1.165) is 4.68 Å². The van der Waals surface area contributed by atoms with Gasteiger partial charge in [-0.05, 0) is 20.8 Å². The number of primary amides is 1. The molecule has 2 heterocycles. The third kappa shape index (κ3) is 3.66. The zero-order valence-electron chi connectivity index (χ0n) is 14.1. The second-order valence-electron chi connectivity index (χ2n) is 5.47. The Morgan fingerprint density at radius 3 is 2.46 bits per heavy atom. The highest BCUT2D eigenvalue weighted by Crippen LogP contribution is 2.36. The van der Waals surface area contributed by atoms with Gasteiger partial charge >= 0.3 is 6.18 Å². The monoisotopic (exact) mass is 392 g/mol. The van der Waals surface area contributed by atoms with Crippen LogP contribution in [0, 0.1) is 6.92 Å². The molecule has 12 heteroatoms. The maximum absolute atomic E-state index is 12.9. The van der Waals surface area contributed by atoms with Crippen LogP contribution in [-0.4, -0.2) is 31.4 Å². The normalized spacial score (nSPS) is 12.9. The predicted octanol–water partition coefficient (Wildman–Crippen LogP) is 2.38. The molecule has 2 aromatic rings. The number of halogens is 4. The summed E-state index contributed by atoms with van der Waals surface area (Å²) in [5.74, 6) is -1.56. The summed E-state index contributed by atoms with van der Waals surface area (Å²) in [5.41, 5.74) is 3.84. The minimum absolute atomic E-state index is 0.0129. The number of hydrogen-bond donors (Lipinski definition) is 2. The molecule has 0 bridgehead atoms. The molecular weight excluding hydrogens is 377 g/mol. The zero-order valence-corrected chi connectivity index (χ0v) is 14.8. The van der Waals surface area contributed by atoms with Crippen LogP contribution in [0.2, 0.25) is 5.02 Å². The van der Waals surface area contributed by atoms with E-state index in [2.05, 4.69) is 15.5 Å². The molecule has 0 fully saturated rings. The lowest BCUT2D eigenvalue weighted by molar-refractivity contribution is -0.141. The summed E-state index contributed by atoms with van der Waals surface area (Å²) in [6.07, 6.45) is -3.35. The maximum Gasteiger partial charge on any atom is 0.436 e. The summed E-state index contributed by atoms with van der Waals surface area (Å²) in [5, 5.41) is 9.18. The van der Waals surface area contributed by atoms with Crippen molar-refractivity contribution in [2.45, 2.75) is 39.5 Å². The number of nitrogens with two attached hydrogens (primary N) is 1. The Bertz CT molecular complexity index is 858. The van der Waals surface area contributed by atoms with E-state index in [1.807, 2.05) is 0 Å². The fraction of sp³-hybridized carbons (Fsp3) is 0.429. The average molecular weight is 393 g/mol. The van der Waals surface area contributed by atoms with Gasteiger partial charge in [-0.2, -0.15) is 23.4 Å². The molecule has 0 saturated heterocycles. The first-order valence-electron chi connectivity index (χ1n) is 7.47. The van der Waals surface area contributed by atoms with Crippen LogP contribution in [0.5, 0.6) is 0 Å². The summed E-state index contributed by atoms with van der Waals surface area (Å²) in [6, 6.07) is -1.13. The predicted molar refractivity (Wildman–Crippen MR) is 86.7 cm³/mol. The molecule has 2 amide bonds. The number of nitrogens with zero attached hydrogens (tertiary/aromatic N) is 4. The van der Waals surface area contributed by atoms with Gasteiger partial charge in [-0.1, -0.05) is 11.6 Å². The van der Waals surface area contributed by atoms with Crippen LogP contribution >= 0.6 is 11.6 Å². The summed E-state index contributed by atoms with van der Waals surface area (Å²) >= 11 is 5.69. The van der Waals surface area contributed by atoms with Gasteiger partial charge < -0.3 is 11.1 Å². The van der Waals surface area contributed by atoms with Gasteiger partial charge in [0.15, 0.2) is 11.4 Å². The highest BCUT2D eigenvalue weighted by Gasteiger charge is 2.39. The van der Waals surface area contributed by atoms with Crippen molar-refractivity contribution in [1.29, 1.82) is 0 Å². The molecule has 2 aromatic heterocycles. The minimum Gasteiger partial charge on any atom is -0.364 e. The van der Waals surface area contributed by atoms with Gasteiger partial charge in [-0.25, -0.2) is 0 Å². The van der Waals surface area contributed by atoms with Crippen LogP contribution in [0.25, 0.3) is 0 Å². The van der Waals surface area contributed by atoms with Crippen molar-refractivity contribution >= 4 is 29.1 Å². The van der Waals surface area contributed by atoms with Gasteiger partial charge in [0.1, 0.15) is 6.04 Å². The van der Waals surface area contributed by atoms with Crippen molar-refractivity contribution in [3.63, 3.8) is 0 Å². The topological polar surface area (TPSA) is 108 Å². The number of carbonyl (C=O) groups excluding carboxylic acids is 2. The van der Waals surface area contributed by atoms with Crippen molar-refractivity contribution in [2.75, 3.05) is 5.32 Å². The first kappa shape index (κ1) is 19.8. The number of aryl methyl sites for hydroxylation is 1. The first-order chi connectivity index (χ1) is 12.0. The molecule has 0 aromatic carbocycles. The van der Waals surface area contributed by atoms with Crippen molar-refractivity contribution in [1.82, 2.24) is 19.6 Å². The smallest absolute Gasteiger partial charge is 0.364 e. The van der Waals surface area contributed by atoms with Gasteiger partial charge in [-0.3, -0.25) is 19.0 Å². The number of amides is 2. The number of anilines is 1. The molecule has 0 aliphatic rings. The molecule has 0 spiro atoms. The van der Waals surface area contributed by atoms with Crippen molar-refractivity contribution in [3.8, 4) is 0 Å². The van der Waals surface area contributed by atoms with Crippen LogP contribution in [0.1, 0.15) is 41.8 Å². The molecule has 0 saturated carbocycles. The second-order valence-corrected chi connectivity index (χ2v) is 5.84. The van der Waals surface area contributed by atoms with E-state index in [1.165, 1.54) is 24.7 Å². The number of alkyl halides is 3. The molecule has 0 aliphatic heterocycles. The SMILES string of the molecule is CCn1cc(NC(=O)[C@H](C)n2nc(C(F)(F)F)c(Cl)c2C)c(C(N)=O)n1. The molecule has 3 N–H and O–H groups in total. The quantitative estimate of drug-likeness (QED) is 0.814. The van der Waals surface area contributed by atoms with E-state index in [4.69, 9.17) is 17.3 Å². The fourth-order valence-electron chi connectivity index (χ4n) is 2.26. The average Bonchev–Trinajstić information content (AvgIpc) is 3.08. The Hall–Kier alpha value is -2.56. The lowest BCUT2D eigenvalue weighted by Gasteiger charge is -2.14. The summed E-state index contributed by atoms with van der Waals surface area (Å²) in [4.78, 5) is 23.8. The van der Waals surface area contributed by atoms with Crippen molar-refractivity contribution < 1.29 is 22.8 Å². The Balaban J connectivity index is 2.32. The van der Waals surface area contributed by atoms with Crippen LogP contribution in [0.4, 0.5) is 18.9 Å². The minimum atomic E-state index is -4.75. The highest BCUT2D eigenvalue weighted by atomic mass is 35.5. The molecule has 0 unspecified atom stereocenters. The summed E-state index contributed by atoms with van der Waals surface area (Å²) in [7, 11) is 0. The van der Waals surface area contributed by atoms with E-state index >= 15 is 0 Å². The van der Waals surface area contributed by atoms with Gasteiger partial charge in [0.25, 0.3) is 5.91 Å². The number of rotatable bonds is 5. The lowest BCUT2D eigenvalue weighted by Crippen LogP contribution is -2.26. The standard InChI is InChI=1S/C14H16ClF3N6O2/c1-4-23-5-8(10(21-23)12(19)25)20-13(26)7(3)24-6(2)9(15)11(22-24)14(16,17)18/h5,7H,4H2,1-3H3,(H2,19,25)(H,20,26)/t7-/m0/s1.